The highest BCUT2D eigenvalue weighted by Crippen LogP contribution is 2.32. The number of nitrogens with one attached hydrogen (secondary N) is 1. The maximum atomic E-state index is 12.3. The van der Waals surface area contributed by atoms with Gasteiger partial charge >= 0.3 is 0 Å². The Morgan fingerprint density at radius 3 is 2.43 bits per heavy atom. The summed E-state index contributed by atoms with van der Waals surface area (Å²) in [7, 11) is -2.29. The van der Waals surface area contributed by atoms with Crippen molar-refractivity contribution >= 4 is 56.6 Å². The fraction of sp³-hybridized carbons (Fsp3) is 0.350. The average molecular weight is 491 g/mol. The molecule has 0 saturated heterocycles. The van der Waals surface area contributed by atoms with Crippen LogP contribution < -0.4 is 14.4 Å². The summed E-state index contributed by atoms with van der Waals surface area (Å²) in [6, 6.07) is 12.3. The number of halogens is 2. The van der Waals surface area contributed by atoms with Crippen LogP contribution in [0, 0.1) is 0 Å². The van der Waals surface area contributed by atoms with Gasteiger partial charge in [-0.15, -0.1) is 0 Å². The van der Waals surface area contributed by atoms with Crippen molar-refractivity contribution in [3.05, 3.63) is 58.1 Å². The Bertz CT molecular complexity index is 954. The third kappa shape index (κ3) is 7.91. The van der Waals surface area contributed by atoms with E-state index in [9.17, 15) is 13.2 Å². The highest BCUT2D eigenvalue weighted by Gasteiger charge is 2.24. The molecule has 164 valence electrons. The minimum absolute atomic E-state index is 0.223. The molecule has 0 aliphatic rings. The Morgan fingerprint density at radius 2 is 1.80 bits per heavy atom. The third-order valence-electron chi connectivity index (χ3n) is 4.07. The molecular weight excluding hydrogens is 467 g/mol. The molecule has 0 aliphatic heterocycles. The number of carbonyl (C=O) groups is 1. The largest absolute Gasteiger partial charge is 0.495 e. The number of hydrogen-bond acceptors (Lipinski definition) is 5. The first-order valence-electron chi connectivity index (χ1n) is 9.11. The zero-order chi connectivity index (χ0) is 22.1. The molecule has 6 nitrogen and oxygen atoms in total. The lowest BCUT2D eigenvalue weighted by Crippen LogP contribution is -2.40. The predicted octanol–water partition coefficient (Wildman–Crippen LogP) is 4.21. The molecule has 2 aromatic carbocycles. The van der Waals surface area contributed by atoms with Crippen LogP contribution in [0.5, 0.6) is 5.75 Å². The first-order chi connectivity index (χ1) is 14.2. The fourth-order valence-electron chi connectivity index (χ4n) is 2.60. The lowest BCUT2D eigenvalue weighted by Gasteiger charge is -2.24. The number of nitrogens with zero attached hydrogens (tertiary/aromatic N) is 1. The predicted molar refractivity (Wildman–Crippen MR) is 125 cm³/mol. The van der Waals surface area contributed by atoms with E-state index in [2.05, 4.69) is 5.32 Å². The molecule has 2 aromatic rings. The van der Waals surface area contributed by atoms with Gasteiger partial charge in [0.25, 0.3) is 0 Å². The molecule has 0 bridgehead atoms. The second kappa shape index (κ2) is 11.7. The highest BCUT2D eigenvalue weighted by atomic mass is 35.5. The van der Waals surface area contributed by atoms with Gasteiger partial charge in [-0.1, -0.05) is 35.3 Å². The van der Waals surface area contributed by atoms with Gasteiger partial charge in [0.05, 0.1) is 19.1 Å². The lowest BCUT2D eigenvalue weighted by molar-refractivity contribution is -0.119. The molecule has 0 heterocycles. The highest BCUT2D eigenvalue weighted by molar-refractivity contribution is 7.98. The Kier molecular flexibility index (Phi) is 9.61. The molecule has 30 heavy (non-hydrogen) atoms. The fourth-order valence-corrected chi connectivity index (χ4v) is 4.66. The number of benzene rings is 2. The third-order valence-corrected chi connectivity index (χ3v) is 6.80. The monoisotopic (exact) mass is 490 g/mol. The Hall–Kier alpha value is -1.61. The Morgan fingerprint density at radius 1 is 1.13 bits per heavy atom. The number of sulfonamides is 1. The van der Waals surface area contributed by atoms with Gasteiger partial charge in [-0.05, 0) is 48.1 Å². The molecule has 0 radical (unpaired) electrons. The van der Waals surface area contributed by atoms with E-state index >= 15 is 0 Å². The van der Waals surface area contributed by atoms with Gasteiger partial charge in [-0.25, -0.2) is 8.42 Å². The summed E-state index contributed by atoms with van der Waals surface area (Å²) in [4.78, 5) is 12.3. The van der Waals surface area contributed by atoms with Gasteiger partial charge in [0.2, 0.25) is 15.9 Å². The summed E-state index contributed by atoms with van der Waals surface area (Å²) in [6.07, 6.45) is 1.80. The van der Waals surface area contributed by atoms with Crippen LogP contribution in [0.3, 0.4) is 0 Å². The molecular formula is C20H24Cl2N2O4S2. The molecule has 0 fully saturated rings. The summed E-state index contributed by atoms with van der Waals surface area (Å²) in [5.41, 5.74) is 1.41. The van der Waals surface area contributed by atoms with Gasteiger partial charge in [0.15, 0.2) is 0 Å². The quantitative estimate of drug-likeness (QED) is 0.477. The van der Waals surface area contributed by atoms with E-state index < -0.39 is 15.9 Å². The topological polar surface area (TPSA) is 75.7 Å². The molecule has 10 heteroatoms. The minimum Gasteiger partial charge on any atom is -0.495 e. The first-order valence-corrected chi connectivity index (χ1v) is 12.9. The van der Waals surface area contributed by atoms with Gasteiger partial charge in [0, 0.05) is 22.3 Å². The summed E-state index contributed by atoms with van der Waals surface area (Å²) in [5.74, 6) is 1.64. The maximum absolute atomic E-state index is 12.3. The van der Waals surface area contributed by atoms with Gasteiger partial charge in [-0.2, -0.15) is 11.8 Å². The van der Waals surface area contributed by atoms with Crippen molar-refractivity contribution < 1.29 is 17.9 Å². The summed E-state index contributed by atoms with van der Waals surface area (Å²) in [5, 5.41) is 3.82. The van der Waals surface area contributed by atoms with Crippen LogP contribution >= 0.6 is 35.0 Å². The van der Waals surface area contributed by atoms with Crippen molar-refractivity contribution in [3.8, 4) is 5.75 Å². The van der Waals surface area contributed by atoms with E-state index in [4.69, 9.17) is 27.9 Å². The van der Waals surface area contributed by atoms with Crippen LogP contribution in [0.2, 0.25) is 10.0 Å². The molecule has 0 saturated carbocycles. The van der Waals surface area contributed by atoms with Crippen LogP contribution in [0.1, 0.15) is 12.0 Å². The number of anilines is 1. The molecule has 2 rings (SSSR count). The van der Waals surface area contributed by atoms with Crippen LogP contribution in [-0.2, 0) is 20.6 Å². The molecule has 0 aromatic heterocycles. The van der Waals surface area contributed by atoms with Gasteiger partial charge in [-0.3, -0.25) is 9.10 Å². The minimum atomic E-state index is -3.71. The maximum Gasteiger partial charge on any atom is 0.240 e. The van der Waals surface area contributed by atoms with Crippen LogP contribution in [-0.4, -0.2) is 46.5 Å². The van der Waals surface area contributed by atoms with Crippen LogP contribution in [0.15, 0.2) is 42.5 Å². The average Bonchev–Trinajstić information content (AvgIpc) is 2.69. The number of thioether (sulfide) groups is 1. The number of methoxy groups -OCH3 is 1. The number of carbonyl (C=O) groups excluding carboxylic acids is 1. The molecule has 0 atom stereocenters. The smallest absolute Gasteiger partial charge is 0.240 e. The number of hydrogen-bond donors (Lipinski definition) is 1. The lowest BCUT2D eigenvalue weighted by atomic mass is 10.2. The van der Waals surface area contributed by atoms with E-state index in [0.717, 1.165) is 28.5 Å². The van der Waals surface area contributed by atoms with E-state index in [1.165, 1.54) is 18.7 Å². The Labute approximate surface area is 191 Å². The SMILES string of the molecule is COc1ccc(Cl)cc1N(CC(=O)NCCCSCc1ccc(Cl)cc1)S(C)(=O)=O. The normalized spacial score (nSPS) is 11.2. The van der Waals surface area contributed by atoms with Crippen molar-refractivity contribution in [1.82, 2.24) is 5.32 Å². The molecule has 0 spiro atoms. The van der Waals surface area contributed by atoms with Crippen molar-refractivity contribution in [2.45, 2.75) is 12.2 Å². The standard InChI is InChI=1S/C20H24Cl2N2O4S2/c1-28-19-9-8-17(22)12-18(19)24(30(2,26)27)13-20(25)23-10-3-11-29-14-15-4-6-16(21)7-5-15/h4-9,12H,3,10-11,13-14H2,1-2H3,(H,23,25). The molecule has 1 N–H and O–H groups in total. The second-order valence-electron chi connectivity index (χ2n) is 6.47. The second-order valence-corrected chi connectivity index (χ2v) is 10.4. The Balaban J connectivity index is 1.84. The first kappa shape index (κ1) is 24.7. The van der Waals surface area contributed by atoms with Crippen molar-refractivity contribution in [1.29, 1.82) is 0 Å². The number of ether oxygens (including phenoxy) is 1. The summed E-state index contributed by atoms with van der Waals surface area (Å²) in [6.45, 7) is 0.101. The van der Waals surface area contributed by atoms with E-state index in [1.54, 1.807) is 23.9 Å². The number of amides is 1. The van der Waals surface area contributed by atoms with Crippen molar-refractivity contribution in [2.75, 3.05) is 36.5 Å². The van der Waals surface area contributed by atoms with Crippen LogP contribution in [0.25, 0.3) is 0 Å². The van der Waals surface area contributed by atoms with Gasteiger partial charge < -0.3 is 10.1 Å². The molecule has 0 aliphatic carbocycles. The van der Waals surface area contributed by atoms with E-state index in [-0.39, 0.29) is 12.2 Å². The van der Waals surface area contributed by atoms with Gasteiger partial charge in [0.1, 0.15) is 12.3 Å². The van der Waals surface area contributed by atoms with E-state index in [1.807, 2.05) is 24.3 Å². The zero-order valence-electron chi connectivity index (χ0n) is 16.7. The number of rotatable bonds is 11. The van der Waals surface area contributed by atoms with Crippen molar-refractivity contribution in [3.63, 3.8) is 0 Å². The van der Waals surface area contributed by atoms with Crippen molar-refractivity contribution in [2.24, 2.45) is 0 Å². The zero-order valence-corrected chi connectivity index (χ0v) is 19.9. The summed E-state index contributed by atoms with van der Waals surface area (Å²) < 4.78 is 30.7. The molecule has 0 unspecified atom stereocenters. The molecule has 1 amide bonds. The summed E-state index contributed by atoms with van der Waals surface area (Å²) >= 11 is 13.6. The van der Waals surface area contributed by atoms with Crippen LogP contribution in [0.4, 0.5) is 5.69 Å². The van der Waals surface area contributed by atoms with E-state index in [0.29, 0.717) is 22.3 Å².